The normalized spacial score (nSPS) is 14.3. The molecule has 1 aliphatic rings. The smallest absolute Gasteiger partial charge is 0.253 e. The van der Waals surface area contributed by atoms with Crippen molar-refractivity contribution in [2.75, 3.05) is 38.2 Å². The number of carbonyl (C=O) groups is 1. The Morgan fingerprint density at radius 1 is 1.03 bits per heavy atom. The van der Waals surface area contributed by atoms with Crippen LogP contribution in [0, 0.1) is 6.92 Å². The molecule has 0 radical (unpaired) electrons. The van der Waals surface area contributed by atoms with E-state index in [0.29, 0.717) is 36.0 Å². The summed E-state index contributed by atoms with van der Waals surface area (Å²) >= 11 is 6.19. The fourth-order valence-electron chi connectivity index (χ4n) is 4.29. The van der Waals surface area contributed by atoms with Crippen molar-refractivity contribution in [1.29, 1.82) is 0 Å². The molecule has 1 amide bonds. The average Bonchev–Trinajstić information content (AvgIpc) is 3.11. The van der Waals surface area contributed by atoms with Crippen molar-refractivity contribution in [1.82, 2.24) is 24.6 Å². The lowest BCUT2D eigenvalue weighted by atomic mass is 10.2. The van der Waals surface area contributed by atoms with Gasteiger partial charge in [-0.2, -0.15) is 5.10 Å². The molecule has 0 atom stereocenters. The Labute approximate surface area is 202 Å². The van der Waals surface area contributed by atoms with E-state index in [9.17, 15) is 4.79 Å². The van der Waals surface area contributed by atoms with Gasteiger partial charge in [0.1, 0.15) is 17.4 Å². The Balaban J connectivity index is 1.40. The first kappa shape index (κ1) is 22.2. The van der Waals surface area contributed by atoms with Gasteiger partial charge in [0.15, 0.2) is 5.65 Å². The van der Waals surface area contributed by atoms with Gasteiger partial charge >= 0.3 is 0 Å². The van der Waals surface area contributed by atoms with E-state index in [-0.39, 0.29) is 5.91 Å². The number of carbonyl (C=O) groups excluding carboxylic acids is 1. The summed E-state index contributed by atoms with van der Waals surface area (Å²) in [5, 5.41) is 6.09. The molecule has 1 fully saturated rings. The number of fused-ring (bicyclic) bond motifs is 1. The van der Waals surface area contributed by atoms with E-state index in [1.807, 2.05) is 60.4 Å². The number of amides is 1. The summed E-state index contributed by atoms with van der Waals surface area (Å²) in [6.45, 7) is 4.65. The number of anilines is 1. The maximum absolute atomic E-state index is 13.1. The van der Waals surface area contributed by atoms with Crippen molar-refractivity contribution in [2.45, 2.75) is 13.3 Å². The van der Waals surface area contributed by atoms with E-state index in [1.54, 1.807) is 18.0 Å². The van der Waals surface area contributed by atoms with Gasteiger partial charge in [0, 0.05) is 36.8 Å². The molecule has 0 aliphatic carbocycles. The van der Waals surface area contributed by atoms with Crippen LogP contribution in [-0.2, 0) is 0 Å². The monoisotopic (exact) mass is 476 g/mol. The molecule has 2 aromatic heterocycles. The van der Waals surface area contributed by atoms with Gasteiger partial charge in [0.25, 0.3) is 5.91 Å². The molecular weight excluding hydrogens is 452 g/mol. The lowest BCUT2D eigenvalue weighted by Gasteiger charge is -2.23. The van der Waals surface area contributed by atoms with Crippen LogP contribution >= 0.6 is 11.6 Å². The van der Waals surface area contributed by atoms with Gasteiger partial charge in [-0.25, -0.2) is 14.6 Å². The molecule has 9 heteroatoms. The molecule has 0 N–H and O–H groups in total. The number of halogens is 1. The second-order valence-electron chi connectivity index (χ2n) is 8.23. The van der Waals surface area contributed by atoms with Crippen LogP contribution in [0.15, 0.2) is 54.7 Å². The molecule has 0 bridgehead atoms. The molecule has 0 spiro atoms. The minimum absolute atomic E-state index is 0.0299. The first-order valence-electron chi connectivity index (χ1n) is 11.2. The predicted octanol–water partition coefficient (Wildman–Crippen LogP) is 4.14. The Morgan fingerprint density at radius 3 is 2.62 bits per heavy atom. The molecule has 0 unspecified atom stereocenters. The highest BCUT2D eigenvalue weighted by molar-refractivity contribution is 6.30. The highest BCUT2D eigenvalue weighted by Crippen LogP contribution is 2.27. The molecule has 3 heterocycles. The lowest BCUT2D eigenvalue weighted by Crippen LogP contribution is -2.35. The van der Waals surface area contributed by atoms with Crippen LogP contribution in [0.1, 0.15) is 22.6 Å². The van der Waals surface area contributed by atoms with Gasteiger partial charge in [-0.1, -0.05) is 17.7 Å². The predicted molar refractivity (Wildman–Crippen MR) is 132 cm³/mol. The second kappa shape index (κ2) is 9.30. The van der Waals surface area contributed by atoms with E-state index < -0.39 is 0 Å². The molecule has 5 rings (SSSR count). The Morgan fingerprint density at radius 2 is 1.85 bits per heavy atom. The van der Waals surface area contributed by atoms with E-state index in [0.717, 1.165) is 41.3 Å². The van der Waals surface area contributed by atoms with Crippen molar-refractivity contribution in [3.8, 4) is 11.4 Å². The molecule has 8 nitrogen and oxygen atoms in total. The maximum Gasteiger partial charge on any atom is 0.253 e. The Bertz CT molecular complexity index is 1340. The molecule has 34 heavy (non-hydrogen) atoms. The van der Waals surface area contributed by atoms with Crippen LogP contribution in [-0.4, -0.2) is 63.8 Å². The number of aromatic nitrogens is 4. The summed E-state index contributed by atoms with van der Waals surface area (Å²) in [6.07, 6.45) is 2.64. The number of nitrogens with zero attached hydrogens (tertiary/aromatic N) is 6. The van der Waals surface area contributed by atoms with Gasteiger partial charge in [-0.3, -0.25) is 4.79 Å². The highest BCUT2D eigenvalue weighted by Gasteiger charge is 2.24. The second-order valence-corrected chi connectivity index (χ2v) is 8.67. The van der Waals surface area contributed by atoms with Crippen LogP contribution in [0.25, 0.3) is 16.7 Å². The molecule has 2 aromatic carbocycles. The average molecular weight is 477 g/mol. The standard InChI is InChI=1S/C25H25ClN6O2/c1-17-28-23(22-16-27-32(24(22)29-17)20-6-3-5-19(26)15-20)30-11-4-12-31(14-13-30)25(33)18-7-9-21(34-2)10-8-18/h3,5-10,15-16H,4,11-14H2,1-2H3. The SMILES string of the molecule is COc1ccc(C(=O)N2CCCN(c3nc(C)nc4c3cnn4-c3cccc(Cl)c3)CC2)cc1. The van der Waals surface area contributed by atoms with Gasteiger partial charge < -0.3 is 14.5 Å². The van der Waals surface area contributed by atoms with E-state index in [2.05, 4.69) is 15.0 Å². The molecule has 0 saturated carbocycles. The quantitative estimate of drug-likeness (QED) is 0.440. The number of ether oxygens (including phenoxy) is 1. The van der Waals surface area contributed by atoms with Crippen LogP contribution in [0.4, 0.5) is 5.82 Å². The van der Waals surface area contributed by atoms with E-state index >= 15 is 0 Å². The van der Waals surface area contributed by atoms with Crippen molar-refractivity contribution in [2.24, 2.45) is 0 Å². The van der Waals surface area contributed by atoms with Gasteiger partial charge in [-0.15, -0.1) is 0 Å². The highest BCUT2D eigenvalue weighted by atomic mass is 35.5. The fraction of sp³-hybridized carbons (Fsp3) is 0.280. The zero-order valence-corrected chi connectivity index (χ0v) is 19.9. The van der Waals surface area contributed by atoms with Gasteiger partial charge in [0.2, 0.25) is 0 Å². The molecule has 1 saturated heterocycles. The Kier molecular flexibility index (Phi) is 6.06. The minimum Gasteiger partial charge on any atom is -0.497 e. The molecule has 1 aliphatic heterocycles. The number of hydrogen-bond donors (Lipinski definition) is 0. The third-order valence-electron chi connectivity index (χ3n) is 5.99. The lowest BCUT2D eigenvalue weighted by molar-refractivity contribution is 0.0767. The molecule has 4 aromatic rings. The van der Waals surface area contributed by atoms with Crippen molar-refractivity contribution in [3.05, 3.63) is 71.1 Å². The summed E-state index contributed by atoms with van der Waals surface area (Å²) < 4.78 is 6.99. The summed E-state index contributed by atoms with van der Waals surface area (Å²) in [5.41, 5.74) is 2.25. The third kappa shape index (κ3) is 4.28. The van der Waals surface area contributed by atoms with Crippen molar-refractivity contribution >= 4 is 34.4 Å². The van der Waals surface area contributed by atoms with Crippen LogP contribution < -0.4 is 9.64 Å². The number of rotatable bonds is 4. The van der Waals surface area contributed by atoms with Crippen molar-refractivity contribution < 1.29 is 9.53 Å². The number of aryl methyl sites for hydroxylation is 1. The summed E-state index contributed by atoms with van der Waals surface area (Å²) in [6, 6.07) is 14.8. The summed E-state index contributed by atoms with van der Waals surface area (Å²) in [7, 11) is 1.62. The summed E-state index contributed by atoms with van der Waals surface area (Å²) in [4.78, 5) is 26.6. The first-order valence-corrected chi connectivity index (χ1v) is 11.6. The number of benzene rings is 2. The summed E-state index contributed by atoms with van der Waals surface area (Å²) in [5.74, 6) is 2.28. The number of hydrogen-bond acceptors (Lipinski definition) is 6. The minimum atomic E-state index is 0.0299. The first-order chi connectivity index (χ1) is 16.5. The van der Waals surface area contributed by atoms with Crippen molar-refractivity contribution in [3.63, 3.8) is 0 Å². The fourth-order valence-corrected chi connectivity index (χ4v) is 4.47. The third-order valence-corrected chi connectivity index (χ3v) is 6.23. The number of methoxy groups -OCH3 is 1. The van der Waals surface area contributed by atoms with Gasteiger partial charge in [-0.05, 0) is 55.8 Å². The molecular formula is C25H25ClN6O2. The Hall–Kier alpha value is -3.65. The molecule has 174 valence electrons. The van der Waals surface area contributed by atoms with Crippen LogP contribution in [0.3, 0.4) is 0 Å². The van der Waals surface area contributed by atoms with Crippen LogP contribution in [0.5, 0.6) is 5.75 Å². The zero-order valence-electron chi connectivity index (χ0n) is 19.1. The van der Waals surface area contributed by atoms with E-state index in [4.69, 9.17) is 21.3 Å². The zero-order chi connectivity index (χ0) is 23.7. The van der Waals surface area contributed by atoms with Gasteiger partial charge in [0.05, 0.1) is 24.4 Å². The van der Waals surface area contributed by atoms with E-state index in [1.165, 1.54) is 0 Å². The van der Waals surface area contributed by atoms with Crippen LogP contribution in [0.2, 0.25) is 5.02 Å². The maximum atomic E-state index is 13.1. The largest absolute Gasteiger partial charge is 0.497 e. The topological polar surface area (TPSA) is 76.4 Å².